The molecule has 0 unspecified atom stereocenters. The summed E-state index contributed by atoms with van der Waals surface area (Å²) in [5, 5.41) is 2.92. The Morgan fingerprint density at radius 3 is 2.45 bits per heavy atom. The van der Waals surface area contributed by atoms with Crippen molar-refractivity contribution in [3.8, 4) is 0 Å². The van der Waals surface area contributed by atoms with Gasteiger partial charge in [-0.25, -0.2) is 0 Å². The first kappa shape index (κ1) is 20.3. The fourth-order valence-corrected chi connectivity index (χ4v) is 3.13. The lowest BCUT2D eigenvalue weighted by Crippen LogP contribution is -2.31. The lowest BCUT2D eigenvalue weighted by Gasteiger charge is -2.21. The van der Waals surface area contributed by atoms with E-state index in [1.165, 1.54) is 6.20 Å². The van der Waals surface area contributed by atoms with E-state index in [4.69, 9.17) is 0 Å². The third kappa shape index (κ3) is 4.69. The highest BCUT2D eigenvalue weighted by Crippen LogP contribution is 2.20. The number of hydrogen-bond donors (Lipinski definition) is 1. The number of nitrogens with one attached hydrogen (secondary N) is 1. The molecule has 0 fully saturated rings. The Morgan fingerprint density at radius 2 is 1.72 bits per heavy atom. The summed E-state index contributed by atoms with van der Waals surface area (Å²) in [6, 6.07) is 16.8. The molecule has 0 aliphatic rings. The van der Waals surface area contributed by atoms with Crippen LogP contribution in [0.5, 0.6) is 0 Å². The molecule has 2 amide bonds. The molecule has 148 valence electrons. The molecule has 5 heteroatoms. The maximum Gasteiger partial charge on any atom is 0.276 e. The van der Waals surface area contributed by atoms with Crippen molar-refractivity contribution < 1.29 is 9.59 Å². The largest absolute Gasteiger partial charge is 0.322 e. The van der Waals surface area contributed by atoms with E-state index in [9.17, 15) is 9.59 Å². The maximum atomic E-state index is 13.1. The first-order valence-electron chi connectivity index (χ1n) is 9.62. The zero-order chi connectivity index (χ0) is 21.0. The van der Waals surface area contributed by atoms with Crippen molar-refractivity contribution in [1.82, 2.24) is 4.98 Å². The van der Waals surface area contributed by atoms with Crippen LogP contribution in [0.15, 0.2) is 60.8 Å². The van der Waals surface area contributed by atoms with Crippen molar-refractivity contribution in [3.63, 3.8) is 0 Å². The molecule has 5 nitrogen and oxygen atoms in total. The SMILES string of the molecule is CCN(C(=O)c1cc(C(=O)Nc2cc(C)ccc2C)ccn1)c1cccc(C)c1. The second-order valence-electron chi connectivity index (χ2n) is 7.09. The van der Waals surface area contributed by atoms with E-state index in [1.807, 2.05) is 70.2 Å². The van der Waals surface area contributed by atoms with Gasteiger partial charge in [0, 0.05) is 29.7 Å². The number of carbonyl (C=O) groups is 2. The van der Waals surface area contributed by atoms with Crippen molar-refractivity contribution in [2.75, 3.05) is 16.8 Å². The molecule has 0 spiro atoms. The van der Waals surface area contributed by atoms with Gasteiger partial charge in [-0.1, -0.05) is 24.3 Å². The molecule has 3 rings (SSSR count). The first-order chi connectivity index (χ1) is 13.9. The van der Waals surface area contributed by atoms with Crippen LogP contribution in [0.25, 0.3) is 0 Å². The Labute approximate surface area is 171 Å². The van der Waals surface area contributed by atoms with E-state index in [0.29, 0.717) is 12.1 Å². The summed E-state index contributed by atoms with van der Waals surface area (Å²) in [5.74, 6) is -0.506. The number of carbonyl (C=O) groups excluding carboxylic acids is 2. The van der Waals surface area contributed by atoms with Gasteiger partial charge < -0.3 is 10.2 Å². The Hall–Kier alpha value is -3.47. The number of aromatic nitrogens is 1. The van der Waals surface area contributed by atoms with Crippen molar-refractivity contribution in [2.45, 2.75) is 27.7 Å². The lowest BCUT2D eigenvalue weighted by atomic mass is 10.1. The number of aryl methyl sites for hydroxylation is 3. The summed E-state index contributed by atoms with van der Waals surface area (Å²) in [6.45, 7) is 8.32. The average Bonchev–Trinajstić information content (AvgIpc) is 2.71. The zero-order valence-corrected chi connectivity index (χ0v) is 17.2. The van der Waals surface area contributed by atoms with E-state index in [1.54, 1.807) is 17.0 Å². The average molecular weight is 387 g/mol. The fraction of sp³-hybridized carbons (Fsp3) is 0.208. The van der Waals surface area contributed by atoms with E-state index >= 15 is 0 Å². The van der Waals surface area contributed by atoms with Gasteiger partial charge in [0.15, 0.2) is 0 Å². The molecule has 3 aromatic rings. The number of benzene rings is 2. The van der Waals surface area contributed by atoms with E-state index in [-0.39, 0.29) is 17.5 Å². The predicted octanol–water partition coefficient (Wildman–Crippen LogP) is 4.93. The van der Waals surface area contributed by atoms with Crippen LogP contribution in [0, 0.1) is 20.8 Å². The third-order valence-corrected chi connectivity index (χ3v) is 4.76. The van der Waals surface area contributed by atoms with Crippen LogP contribution >= 0.6 is 0 Å². The van der Waals surface area contributed by atoms with Gasteiger partial charge in [-0.3, -0.25) is 14.6 Å². The molecule has 1 aromatic heterocycles. The van der Waals surface area contributed by atoms with Gasteiger partial charge in [-0.2, -0.15) is 0 Å². The molecule has 1 N–H and O–H groups in total. The van der Waals surface area contributed by atoms with Crippen LogP contribution in [0.1, 0.15) is 44.5 Å². The number of rotatable bonds is 5. The normalized spacial score (nSPS) is 10.5. The Bertz CT molecular complexity index is 1060. The smallest absolute Gasteiger partial charge is 0.276 e. The van der Waals surface area contributed by atoms with Crippen molar-refractivity contribution >= 4 is 23.2 Å². The van der Waals surface area contributed by atoms with E-state index in [2.05, 4.69) is 10.3 Å². The topological polar surface area (TPSA) is 62.3 Å². The number of nitrogens with zero attached hydrogens (tertiary/aromatic N) is 2. The Kier molecular flexibility index (Phi) is 6.07. The highest BCUT2D eigenvalue weighted by atomic mass is 16.2. The van der Waals surface area contributed by atoms with Crippen LogP contribution in [-0.4, -0.2) is 23.3 Å². The summed E-state index contributed by atoms with van der Waals surface area (Å²) in [4.78, 5) is 31.7. The summed E-state index contributed by atoms with van der Waals surface area (Å²) in [7, 11) is 0. The van der Waals surface area contributed by atoms with Crippen molar-refractivity contribution in [2.24, 2.45) is 0 Å². The molecule has 0 aliphatic carbocycles. The van der Waals surface area contributed by atoms with Crippen LogP contribution in [0.4, 0.5) is 11.4 Å². The molecule has 0 bridgehead atoms. The molecule has 1 heterocycles. The minimum Gasteiger partial charge on any atom is -0.322 e. The summed E-state index contributed by atoms with van der Waals surface area (Å²) in [5.41, 5.74) is 5.31. The summed E-state index contributed by atoms with van der Waals surface area (Å²) in [6.07, 6.45) is 1.50. The quantitative estimate of drug-likeness (QED) is 0.675. The highest BCUT2D eigenvalue weighted by molar-refractivity contribution is 6.08. The Balaban J connectivity index is 1.85. The second-order valence-corrected chi connectivity index (χ2v) is 7.09. The zero-order valence-electron chi connectivity index (χ0n) is 17.2. The van der Waals surface area contributed by atoms with Gasteiger partial charge in [-0.05, 0) is 74.7 Å². The molecule has 0 radical (unpaired) electrons. The number of pyridine rings is 1. The standard InChI is InChI=1S/C24H25N3O2/c1-5-27(20-8-6-7-16(2)13-20)24(29)22-15-19(11-12-25-22)23(28)26-21-14-17(3)9-10-18(21)4/h6-15H,5H2,1-4H3,(H,26,28). The van der Waals surface area contributed by atoms with Crippen LogP contribution in [0.2, 0.25) is 0 Å². The van der Waals surface area contributed by atoms with Gasteiger partial charge >= 0.3 is 0 Å². The molecule has 0 saturated carbocycles. The number of anilines is 2. The first-order valence-corrected chi connectivity index (χ1v) is 9.62. The van der Waals surface area contributed by atoms with Crippen LogP contribution in [-0.2, 0) is 0 Å². The second kappa shape index (κ2) is 8.69. The van der Waals surface area contributed by atoms with Gasteiger partial charge in [0.25, 0.3) is 11.8 Å². The molecule has 2 aromatic carbocycles. The third-order valence-electron chi connectivity index (χ3n) is 4.76. The van der Waals surface area contributed by atoms with E-state index in [0.717, 1.165) is 28.1 Å². The summed E-state index contributed by atoms with van der Waals surface area (Å²) >= 11 is 0. The number of hydrogen-bond acceptors (Lipinski definition) is 3. The monoisotopic (exact) mass is 387 g/mol. The summed E-state index contributed by atoms with van der Waals surface area (Å²) < 4.78 is 0. The Morgan fingerprint density at radius 1 is 0.966 bits per heavy atom. The number of amides is 2. The molecular weight excluding hydrogens is 362 g/mol. The van der Waals surface area contributed by atoms with Crippen molar-refractivity contribution in [3.05, 3.63) is 88.7 Å². The minimum atomic E-state index is -0.270. The molecule has 29 heavy (non-hydrogen) atoms. The van der Waals surface area contributed by atoms with Crippen molar-refractivity contribution in [1.29, 1.82) is 0 Å². The highest BCUT2D eigenvalue weighted by Gasteiger charge is 2.19. The van der Waals surface area contributed by atoms with Gasteiger partial charge in [0.2, 0.25) is 0 Å². The molecule has 0 aliphatic heterocycles. The molecule has 0 atom stereocenters. The van der Waals surface area contributed by atoms with Crippen LogP contribution < -0.4 is 10.2 Å². The van der Waals surface area contributed by atoms with Gasteiger partial charge in [0.05, 0.1) is 0 Å². The minimum absolute atomic E-state index is 0.237. The lowest BCUT2D eigenvalue weighted by molar-refractivity contribution is 0.0983. The van der Waals surface area contributed by atoms with Crippen LogP contribution in [0.3, 0.4) is 0 Å². The molecular formula is C24H25N3O2. The maximum absolute atomic E-state index is 13.1. The predicted molar refractivity (Wildman–Crippen MR) is 117 cm³/mol. The fourth-order valence-electron chi connectivity index (χ4n) is 3.13. The van der Waals surface area contributed by atoms with E-state index < -0.39 is 0 Å². The van der Waals surface area contributed by atoms with Gasteiger partial charge in [-0.15, -0.1) is 0 Å². The van der Waals surface area contributed by atoms with Gasteiger partial charge in [0.1, 0.15) is 5.69 Å². The molecule has 0 saturated heterocycles.